The number of carbonyl (C=O) groups excluding carboxylic acids is 1. The monoisotopic (exact) mass is 326 g/mol. The van der Waals surface area contributed by atoms with Crippen molar-refractivity contribution < 1.29 is 19.0 Å². The Morgan fingerprint density at radius 1 is 1.17 bits per heavy atom. The summed E-state index contributed by atoms with van der Waals surface area (Å²) in [5.74, 6) is 2.08. The van der Waals surface area contributed by atoms with Gasteiger partial charge in [-0.15, -0.1) is 0 Å². The van der Waals surface area contributed by atoms with E-state index in [2.05, 4.69) is 0 Å². The summed E-state index contributed by atoms with van der Waals surface area (Å²) >= 11 is 0. The third-order valence-corrected chi connectivity index (χ3v) is 4.30. The van der Waals surface area contributed by atoms with Gasteiger partial charge >= 0.3 is 0 Å². The van der Waals surface area contributed by atoms with Gasteiger partial charge in [0.15, 0.2) is 11.5 Å². The molecule has 2 aromatic rings. The van der Waals surface area contributed by atoms with Crippen LogP contribution < -0.4 is 24.8 Å². The zero-order valence-electron chi connectivity index (χ0n) is 13.3. The summed E-state index contributed by atoms with van der Waals surface area (Å²) in [7, 11) is 0. The molecule has 24 heavy (non-hydrogen) atoms. The number of nitrogens with two attached hydrogens (primary N) is 1. The molecule has 0 aliphatic carbocycles. The first-order valence-corrected chi connectivity index (χ1v) is 7.90. The summed E-state index contributed by atoms with van der Waals surface area (Å²) in [6.45, 7) is 2.76. The van der Waals surface area contributed by atoms with Crippen LogP contribution >= 0.6 is 0 Å². The Morgan fingerprint density at radius 2 is 1.92 bits per heavy atom. The lowest BCUT2D eigenvalue weighted by atomic mass is 9.88. The van der Waals surface area contributed by atoms with Crippen LogP contribution in [0, 0.1) is 0 Å². The van der Waals surface area contributed by atoms with Crippen LogP contribution in [0.25, 0.3) is 0 Å². The highest BCUT2D eigenvalue weighted by Crippen LogP contribution is 2.42. The number of carbonyl (C=O) groups is 1. The van der Waals surface area contributed by atoms with Crippen LogP contribution in [0.3, 0.4) is 0 Å². The van der Waals surface area contributed by atoms with Crippen molar-refractivity contribution in [3.63, 3.8) is 0 Å². The van der Waals surface area contributed by atoms with Gasteiger partial charge in [0.05, 0.1) is 12.6 Å². The number of hydrogen-bond acceptors (Lipinski definition) is 5. The van der Waals surface area contributed by atoms with Crippen molar-refractivity contribution in [2.24, 2.45) is 5.73 Å². The first kappa shape index (κ1) is 14.8. The van der Waals surface area contributed by atoms with Gasteiger partial charge in [-0.25, -0.2) is 0 Å². The second-order valence-electron chi connectivity index (χ2n) is 5.72. The maximum absolute atomic E-state index is 12.3. The molecule has 0 radical (unpaired) electrons. The Balaban J connectivity index is 1.63. The average molecular weight is 326 g/mol. The second-order valence-corrected chi connectivity index (χ2v) is 5.72. The Hall–Kier alpha value is -2.73. The molecule has 2 heterocycles. The van der Waals surface area contributed by atoms with Crippen molar-refractivity contribution in [3.8, 4) is 17.2 Å². The largest absolute Gasteiger partial charge is 0.494 e. The summed E-state index contributed by atoms with van der Waals surface area (Å²) in [6, 6.07) is 12.3. The number of nitrogens with zero attached hydrogens (tertiary/aromatic N) is 1. The predicted molar refractivity (Wildman–Crippen MR) is 88.4 cm³/mol. The molecule has 1 saturated heterocycles. The first-order valence-electron chi connectivity index (χ1n) is 7.90. The van der Waals surface area contributed by atoms with Gasteiger partial charge in [-0.1, -0.05) is 6.07 Å². The van der Waals surface area contributed by atoms with E-state index in [0.29, 0.717) is 18.1 Å². The van der Waals surface area contributed by atoms with Gasteiger partial charge in [0.2, 0.25) is 12.7 Å². The summed E-state index contributed by atoms with van der Waals surface area (Å²) in [4.78, 5) is 14.0. The zero-order chi connectivity index (χ0) is 16.7. The summed E-state index contributed by atoms with van der Waals surface area (Å²) in [5, 5.41) is 0. The quantitative estimate of drug-likeness (QED) is 0.872. The molecule has 0 spiro atoms. The van der Waals surface area contributed by atoms with Gasteiger partial charge in [0.25, 0.3) is 0 Å². The van der Waals surface area contributed by atoms with Crippen molar-refractivity contribution >= 4 is 11.6 Å². The van der Waals surface area contributed by atoms with Crippen LogP contribution in [-0.2, 0) is 4.79 Å². The summed E-state index contributed by atoms with van der Waals surface area (Å²) < 4.78 is 16.2. The molecule has 0 saturated carbocycles. The van der Waals surface area contributed by atoms with Crippen molar-refractivity contribution in [1.29, 1.82) is 0 Å². The number of amides is 1. The van der Waals surface area contributed by atoms with Gasteiger partial charge < -0.3 is 24.8 Å². The fourth-order valence-corrected chi connectivity index (χ4v) is 3.12. The smallest absolute Gasteiger partial charge is 0.247 e. The number of rotatable bonds is 4. The van der Waals surface area contributed by atoms with Crippen molar-refractivity contribution in [1.82, 2.24) is 0 Å². The number of ether oxygens (including phenoxy) is 3. The molecular weight excluding hydrogens is 308 g/mol. The first-order chi connectivity index (χ1) is 11.7. The van der Waals surface area contributed by atoms with Gasteiger partial charge in [-0.05, 0) is 48.9 Å². The molecule has 6 heteroatoms. The minimum Gasteiger partial charge on any atom is -0.494 e. The van der Waals surface area contributed by atoms with Gasteiger partial charge in [-0.2, -0.15) is 0 Å². The van der Waals surface area contributed by atoms with Gasteiger partial charge in [-0.3, -0.25) is 4.79 Å². The van der Waals surface area contributed by atoms with Crippen molar-refractivity contribution in [2.75, 3.05) is 18.3 Å². The van der Waals surface area contributed by atoms with E-state index in [9.17, 15) is 4.79 Å². The SMILES string of the molecule is CCOc1ccc(N2C(=O)[C@@H](N)[C@H]2c2ccc3c(c2)OCO3)cc1. The van der Waals surface area contributed by atoms with Crippen LogP contribution in [0.4, 0.5) is 5.69 Å². The maximum atomic E-state index is 12.3. The molecule has 2 aromatic carbocycles. The number of benzene rings is 2. The predicted octanol–water partition coefficient (Wildman–Crippen LogP) is 2.23. The minimum absolute atomic E-state index is 0.0955. The highest BCUT2D eigenvalue weighted by atomic mass is 16.7. The Morgan fingerprint density at radius 3 is 2.67 bits per heavy atom. The molecule has 2 aliphatic rings. The van der Waals surface area contributed by atoms with E-state index in [1.54, 1.807) is 4.90 Å². The molecule has 2 N–H and O–H groups in total. The molecule has 4 rings (SSSR count). The fourth-order valence-electron chi connectivity index (χ4n) is 3.12. The van der Waals surface area contributed by atoms with Crippen molar-refractivity contribution in [3.05, 3.63) is 48.0 Å². The van der Waals surface area contributed by atoms with E-state index in [0.717, 1.165) is 17.0 Å². The Kier molecular flexibility index (Phi) is 3.54. The molecule has 0 aromatic heterocycles. The lowest BCUT2D eigenvalue weighted by molar-refractivity contribution is -0.126. The molecule has 2 aliphatic heterocycles. The van der Waals surface area contributed by atoms with E-state index in [-0.39, 0.29) is 18.7 Å². The van der Waals surface area contributed by atoms with Gasteiger partial charge in [0, 0.05) is 5.69 Å². The normalized spacial score (nSPS) is 21.6. The van der Waals surface area contributed by atoms with E-state index in [4.69, 9.17) is 19.9 Å². The molecule has 124 valence electrons. The number of fused-ring (bicyclic) bond motifs is 1. The average Bonchev–Trinajstić information content (AvgIpc) is 3.07. The molecule has 0 unspecified atom stereocenters. The fraction of sp³-hybridized carbons (Fsp3) is 0.278. The Bertz CT molecular complexity index is 775. The summed E-state index contributed by atoms with van der Waals surface area (Å²) in [5.41, 5.74) is 7.79. The second kappa shape index (κ2) is 5.72. The molecular formula is C18H18N2O4. The van der Waals surface area contributed by atoms with Crippen molar-refractivity contribution in [2.45, 2.75) is 19.0 Å². The maximum Gasteiger partial charge on any atom is 0.247 e. The van der Waals surface area contributed by atoms with Crippen LogP contribution in [-0.4, -0.2) is 25.3 Å². The van der Waals surface area contributed by atoms with Crippen LogP contribution in [0.1, 0.15) is 18.5 Å². The lowest BCUT2D eigenvalue weighted by Gasteiger charge is -2.45. The molecule has 6 nitrogen and oxygen atoms in total. The standard InChI is InChI=1S/C18H18N2O4/c1-2-22-13-6-4-12(5-7-13)20-17(16(19)18(20)21)11-3-8-14-15(9-11)24-10-23-14/h3-9,16-17H,2,10,19H2,1H3/t16-,17+/m0/s1. The van der Waals surface area contributed by atoms with Crippen LogP contribution in [0.5, 0.6) is 17.2 Å². The van der Waals surface area contributed by atoms with Crippen LogP contribution in [0.2, 0.25) is 0 Å². The third kappa shape index (κ3) is 2.27. The lowest BCUT2D eigenvalue weighted by Crippen LogP contribution is -2.63. The van der Waals surface area contributed by atoms with Crippen LogP contribution in [0.15, 0.2) is 42.5 Å². The summed E-state index contributed by atoms with van der Waals surface area (Å²) in [6.07, 6.45) is 0. The van der Waals surface area contributed by atoms with E-state index >= 15 is 0 Å². The molecule has 2 atom stereocenters. The molecule has 1 amide bonds. The number of hydrogen-bond donors (Lipinski definition) is 1. The highest BCUT2D eigenvalue weighted by Gasteiger charge is 2.47. The topological polar surface area (TPSA) is 74.0 Å². The van der Waals surface area contributed by atoms with E-state index < -0.39 is 6.04 Å². The van der Waals surface area contributed by atoms with E-state index in [1.807, 2.05) is 49.4 Å². The highest BCUT2D eigenvalue weighted by molar-refractivity contribution is 6.05. The number of β-lactam (4-membered cyclic amide) rings is 1. The molecule has 0 bridgehead atoms. The van der Waals surface area contributed by atoms with E-state index in [1.165, 1.54) is 0 Å². The number of anilines is 1. The minimum atomic E-state index is -0.558. The zero-order valence-corrected chi connectivity index (χ0v) is 13.3. The molecule has 1 fully saturated rings. The van der Waals surface area contributed by atoms with Gasteiger partial charge in [0.1, 0.15) is 11.8 Å². The third-order valence-electron chi connectivity index (χ3n) is 4.30. The Labute approximate surface area is 139 Å².